The molecular weight excluding hydrogens is 180 g/mol. The summed E-state index contributed by atoms with van der Waals surface area (Å²) in [6.45, 7) is 2.00. The number of hydrogen-bond acceptors (Lipinski definition) is 1. The van der Waals surface area contributed by atoms with Crippen LogP contribution in [0.5, 0.6) is 0 Å². The van der Waals surface area contributed by atoms with E-state index in [0.29, 0.717) is 0 Å². The molecular formula is C6H9BrN2. The van der Waals surface area contributed by atoms with Gasteiger partial charge in [-0.05, 0) is 13.0 Å². The highest BCUT2D eigenvalue weighted by Crippen LogP contribution is 1.99. The zero-order valence-corrected chi connectivity index (χ0v) is 6.90. The van der Waals surface area contributed by atoms with Gasteiger partial charge in [-0.3, -0.25) is 5.10 Å². The second-order valence-corrected chi connectivity index (χ2v) is 2.77. The highest BCUT2D eigenvalue weighted by atomic mass is 79.9. The van der Waals surface area contributed by atoms with E-state index in [4.69, 9.17) is 0 Å². The first-order chi connectivity index (χ1) is 4.33. The van der Waals surface area contributed by atoms with Crippen LogP contribution in [0.25, 0.3) is 0 Å². The number of rotatable bonds is 2. The number of hydrogen-bond donors (Lipinski definition) is 1. The summed E-state index contributed by atoms with van der Waals surface area (Å²) in [6.07, 6.45) is 1.00. The second kappa shape index (κ2) is 3.01. The number of nitrogens with zero attached hydrogens (tertiary/aromatic N) is 1. The van der Waals surface area contributed by atoms with E-state index in [2.05, 4.69) is 32.2 Å². The van der Waals surface area contributed by atoms with E-state index in [1.165, 1.54) is 0 Å². The van der Waals surface area contributed by atoms with Crippen molar-refractivity contribution in [2.45, 2.75) is 13.3 Å². The molecule has 1 rings (SSSR count). The average molecular weight is 189 g/mol. The van der Waals surface area contributed by atoms with Gasteiger partial charge < -0.3 is 0 Å². The number of nitrogens with one attached hydrogen (secondary N) is 1. The van der Waals surface area contributed by atoms with Crippen LogP contribution in [0.4, 0.5) is 0 Å². The third kappa shape index (κ3) is 1.82. The normalized spacial score (nSPS) is 10.0. The molecule has 0 unspecified atom stereocenters. The first kappa shape index (κ1) is 6.81. The van der Waals surface area contributed by atoms with Crippen molar-refractivity contribution in [1.29, 1.82) is 0 Å². The molecule has 0 saturated carbocycles. The fraction of sp³-hybridized carbons (Fsp3) is 0.500. The molecule has 0 aromatic carbocycles. The largest absolute Gasteiger partial charge is 0.283 e. The van der Waals surface area contributed by atoms with Gasteiger partial charge >= 0.3 is 0 Å². The van der Waals surface area contributed by atoms with Crippen molar-refractivity contribution < 1.29 is 0 Å². The van der Waals surface area contributed by atoms with E-state index < -0.39 is 0 Å². The highest BCUT2D eigenvalue weighted by Gasteiger charge is 1.93. The average Bonchev–Trinajstić information content (AvgIpc) is 2.17. The molecule has 9 heavy (non-hydrogen) atoms. The van der Waals surface area contributed by atoms with Gasteiger partial charge in [0.15, 0.2) is 0 Å². The Hall–Kier alpha value is -0.310. The molecule has 0 bridgehead atoms. The molecule has 1 heterocycles. The topological polar surface area (TPSA) is 28.7 Å². The van der Waals surface area contributed by atoms with Crippen molar-refractivity contribution in [3.05, 3.63) is 17.5 Å². The molecule has 0 radical (unpaired) electrons. The van der Waals surface area contributed by atoms with Crippen molar-refractivity contribution in [1.82, 2.24) is 10.2 Å². The molecule has 0 fully saturated rings. The molecule has 0 aliphatic rings. The minimum absolute atomic E-state index is 0.983. The Bertz CT molecular complexity index is 183. The molecule has 50 valence electrons. The van der Waals surface area contributed by atoms with Gasteiger partial charge in [-0.25, -0.2) is 0 Å². The highest BCUT2D eigenvalue weighted by molar-refractivity contribution is 9.09. The zero-order valence-electron chi connectivity index (χ0n) is 5.32. The monoisotopic (exact) mass is 188 g/mol. The van der Waals surface area contributed by atoms with Crippen LogP contribution in [0.3, 0.4) is 0 Å². The third-order valence-electron chi connectivity index (χ3n) is 1.11. The summed E-state index contributed by atoms with van der Waals surface area (Å²) in [4.78, 5) is 0. The Labute approximate surface area is 62.8 Å². The Morgan fingerprint density at radius 2 is 2.56 bits per heavy atom. The predicted molar refractivity (Wildman–Crippen MR) is 40.8 cm³/mol. The van der Waals surface area contributed by atoms with Crippen molar-refractivity contribution in [3.63, 3.8) is 0 Å². The lowest BCUT2D eigenvalue weighted by Crippen LogP contribution is -1.83. The Morgan fingerprint density at radius 3 is 3.00 bits per heavy atom. The minimum Gasteiger partial charge on any atom is -0.283 e. The van der Waals surface area contributed by atoms with Crippen molar-refractivity contribution in [2.75, 3.05) is 5.33 Å². The smallest absolute Gasteiger partial charge is 0.0633 e. The van der Waals surface area contributed by atoms with E-state index in [9.17, 15) is 0 Å². The number of aromatic amines is 1. The summed E-state index contributed by atoms with van der Waals surface area (Å²) in [6, 6.07) is 2.06. The Kier molecular flexibility index (Phi) is 2.28. The van der Waals surface area contributed by atoms with E-state index in [1.807, 2.05) is 6.92 Å². The van der Waals surface area contributed by atoms with Gasteiger partial charge in [-0.15, -0.1) is 0 Å². The molecule has 0 atom stereocenters. The molecule has 0 spiro atoms. The lowest BCUT2D eigenvalue weighted by atomic mass is 10.3. The fourth-order valence-corrected chi connectivity index (χ4v) is 1.11. The quantitative estimate of drug-likeness (QED) is 0.704. The lowest BCUT2D eigenvalue weighted by molar-refractivity contribution is 0.970. The molecule has 1 aromatic heterocycles. The second-order valence-electron chi connectivity index (χ2n) is 1.98. The van der Waals surface area contributed by atoms with Gasteiger partial charge in [0.25, 0.3) is 0 Å². The number of alkyl halides is 1. The summed E-state index contributed by atoms with van der Waals surface area (Å²) in [5.41, 5.74) is 2.26. The van der Waals surface area contributed by atoms with Crippen LogP contribution in [0.15, 0.2) is 6.07 Å². The molecule has 1 aromatic rings. The molecule has 0 aliphatic carbocycles. The minimum atomic E-state index is 0.983. The van der Waals surface area contributed by atoms with Gasteiger partial charge in [0, 0.05) is 17.4 Å². The maximum atomic E-state index is 4.05. The number of aromatic nitrogens is 2. The number of aryl methyl sites for hydroxylation is 2. The summed E-state index contributed by atoms with van der Waals surface area (Å²) >= 11 is 3.34. The van der Waals surface area contributed by atoms with Crippen LogP contribution in [0.2, 0.25) is 0 Å². The first-order valence-corrected chi connectivity index (χ1v) is 4.02. The van der Waals surface area contributed by atoms with Crippen LogP contribution in [0, 0.1) is 6.92 Å². The first-order valence-electron chi connectivity index (χ1n) is 2.90. The lowest BCUT2D eigenvalue weighted by Gasteiger charge is -1.83. The van der Waals surface area contributed by atoms with Crippen LogP contribution in [0.1, 0.15) is 11.4 Å². The summed E-state index contributed by atoms with van der Waals surface area (Å²) < 4.78 is 0. The van der Waals surface area contributed by atoms with E-state index >= 15 is 0 Å². The van der Waals surface area contributed by atoms with Crippen LogP contribution < -0.4 is 0 Å². The van der Waals surface area contributed by atoms with Crippen LogP contribution >= 0.6 is 15.9 Å². The number of halogens is 1. The standard InChI is InChI=1S/C6H9BrN2/c1-5-4-6(2-3-7)9-8-5/h4H,2-3H2,1H3,(H,8,9). The zero-order chi connectivity index (χ0) is 6.69. The van der Waals surface area contributed by atoms with E-state index in [-0.39, 0.29) is 0 Å². The van der Waals surface area contributed by atoms with Crippen molar-refractivity contribution in [2.24, 2.45) is 0 Å². The summed E-state index contributed by atoms with van der Waals surface area (Å²) in [5, 5.41) is 7.92. The maximum absolute atomic E-state index is 4.05. The summed E-state index contributed by atoms with van der Waals surface area (Å²) in [5.74, 6) is 0. The van der Waals surface area contributed by atoms with Gasteiger partial charge in [-0.1, -0.05) is 15.9 Å². The molecule has 0 aliphatic heterocycles. The Balaban J connectivity index is 2.61. The van der Waals surface area contributed by atoms with Crippen molar-refractivity contribution >= 4 is 15.9 Å². The molecule has 3 heteroatoms. The number of H-pyrrole nitrogens is 1. The van der Waals surface area contributed by atoms with E-state index in [0.717, 1.165) is 23.1 Å². The summed E-state index contributed by atoms with van der Waals surface area (Å²) in [7, 11) is 0. The van der Waals surface area contributed by atoms with Gasteiger partial charge in [-0.2, -0.15) is 5.10 Å². The molecule has 0 saturated heterocycles. The maximum Gasteiger partial charge on any atom is 0.0633 e. The predicted octanol–water partition coefficient (Wildman–Crippen LogP) is 1.66. The van der Waals surface area contributed by atoms with Gasteiger partial charge in [0.1, 0.15) is 0 Å². The van der Waals surface area contributed by atoms with Crippen LogP contribution in [-0.4, -0.2) is 15.5 Å². The molecule has 1 N–H and O–H groups in total. The van der Waals surface area contributed by atoms with Crippen LogP contribution in [-0.2, 0) is 6.42 Å². The molecule has 0 amide bonds. The fourth-order valence-electron chi connectivity index (χ4n) is 0.699. The third-order valence-corrected chi connectivity index (χ3v) is 1.51. The SMILES string of the molecule is Cc1cc(CCBr)n[nH]1. The van der Waals surface area contributed by atoms with Crippen molar-refractivity contribution in [3.8, 4) is 0 Å². The van der Waals surface area contributed by atoms with Gasteiger partial charge in [0.05, 0.1) is 5.69 Å². The van der Waals surface area contributed by atoms with Gasteiger partial charge in [0.2, 0.25) is 0 Å². The van der Waals surface area contributed by atoms with E-state index in [1.54, 1.807) is 0 Å². The Morgan fingerprint density at radius 1 is 1.78 bits per heavy atom. The molecule has 2 nitrogen and oxygen atoms in total.